The Bertz CT molecular complexity index is 912. The van der Waals surface area contributed by atoms with Crippen LogP contribution in [0.4, 0.5) is 0 Å². The lowest BCUT2D eigenvalue weighted by molar-refractivity contribution is 0.594. The summed E-state index contributed by atoms with van der Waals surface area (Å²) in [4.78, 5) is 0. The van der Waals surface area contributed by atoms with E-state index in [-0.39, 0.29) is 0 Å². The molecule has 3 aromatic rings. The van der Waals surface area contributed by atoms with Crippen molar-refractivity contribution in [1.29, 1.82) is 0 Å². The Morgan fingerprint density at radius 1 is 1.12 bits per heavy atom. The van der Waals surface area contributed by atoms with Gasteiger partial charge in [-0.3, -0.25) is 0 Å². The molecule has 0 atom stereocenters. The van der Waals surface area contributed by atoms with Crippen molar-refractivity contribution in [3.8, 4) is 0 Å². The van der Waals surface area contributed by atoms with Crippen molar-refractivity contribution < 1.29 is 0 Å². The molecule has 0 bridgehead atoms. The fourth-order valence-corrected chi connectivity index (χ4v) is 4.21. The molecule has 1 aliphatic heterocycles. The van der Waals surface area contributed by atoms with Gasteiger partial charge in [-0.1, -0.05) is 40.9 Å². The van der Waals surface area contributed by atoms with Gasteiger partial charge in [0.2, 0.25) is 0 Å². The van der Waals surface area contributed by atoms with Gasteiger partial charge in [-0.25, -0.2) is 0 Å². The van der Waals surface area contributed by atoms with Gasteiger partial charge >= 0.3 is 0 Å². The molecular formula is C20H20Cl2N2. The third-order valence-electron chi connectivity index (χ3n) is 4.90. The Hall–Kier alpha value is -1.48. The van der Waals surface area contributed by atoms with Crippen molar-refractivity contribution in [2.24, 2.45) is 0 Å². The van der Waals surface area contributed by atoms with Gasteiger partial charge < -0.3 is 9.88 Å². The molecule has 1 aromatic heterocycles. The van der Waals surface area contributed by atoms with Crippen LogP contribution < -0.4 is 5.32 Å². The highest BCUT2D eigenvalue weighted by Crippen LogP contribution is 2.30. The van der Waals surface area contributed by atoms with Crippen LogP contribution in [0.15, 0.2) is 36.4 Å². The predicted octanol–water partition coefficient (Wildman–Crippen LogP) is 5.14. The number of aromatic nitrogens is 1. The van der Waals surface area contributed by atoms with E-state index in [2.05, 4.69) is 35.0 Å². The van der Waals surface area contributed by atoms with Gasteiger partial charge in [0.25, 0.3) is 0 Å². The number of aryl methyl sites for hydroxylation is 3. The first-order chi connectivity index (χ1) is 11.6. The van der Waals surface area contributed by atoms with Crippen LogP contribution in [-0.2, 0) is 25.9 Å². The highest BCUT2D eigenvalue weighted by molar-refractivity contribution is 6.35. The summed E-state index contributed by atoms with van der Waals surface area (Å²) in [6.07, 6.45) is 1.99. The number of hydrogen-bond acceptors (Lipinski definition) is 1. The number of benzene rings is 2. The van der Waals surface area contributed by atoms with Crippen molar-refractivity contribution in [2.45, 2.75) is 32.9 Å². The van der Waals surface area contributed by atoms with Crippen LogP contribution in [0.3, 0.4) is 0 Å². The number of nitrogens with zero attached hydrogens (tertiary/aromatic N) is 1. The summed E-state index contributed by atoms with van der Waals surface area (Å²) >= 11 is 12.4. The lowest BCUT2D eigenvalue weighted by atomic mass is 10.0. The van der Waals surface area contributed by atoms with E-state index < -0.39 is 0 Å². The van der Waals surface area contributed by atoms with Crippen LogP contribution in [0.1, 0.15) is 22.4 Å². The SMILES string of the molecule is Cc1ccc2c(c1)c1c(n2CCc2ccc(Cl)cc2Cl)CCNC1. The van der Waals surface area contributed by atoms with Gasteiger partial charge in [-0.05, 0) is 48.7 Å². The van der Waals surface area contributed by atoms with Crippen LogP contribution in [-0.4, -0.2) is 11.1 Å². The molecule has 4 heteroatoms. The molecule has 4 rings (SSSR count). The minimum atomic E-state index is 0.689. The third kappa shape index (κ3) is 2.83. The summed E-state index contributed by atoms with van der Waals surface area (Å²) in [5.41, 5.74) is 6.73. The normalized spacial score (nSPS) is 14.1. The lowest BCUT2D eigenvalue weighted by Crippen LogP contribution is -2.24. The van der Waals surface area contributed by atoms with Crippen molar-refractivity contribution in [3.05, 3.63) is 68.8 Å². The molecule has 1 aliphatic rings. The second-order valence-corrected chi connectivity index (χ2v) is 7.35. The Balaban J connectivity index is 1.73. The zero-order chi connectivity index (χ0) is 16.7. The number of hydrogen-bond donors (Lipinski definition) is 1. The van der Waals surface area contributed by atoms with Crippen molar-refractivity contribution in [3.63, 3.8) is 0 Å². The average molecular weight is 359 g/mol. The highest BCUT2D eigenvalue weighted by atomic mass is 35.5. The third-order valence-corrected chi connectivity index (χ3v) is 5.49. The van der Waals surface area contributed by atoms with Gasteiger partial charge in [0.05, 0.1) is 0 Å². The Morgan fingerprint density at radius 2 is 2.00 bits per heavy atom. The average Bonchev–Trinajstić information content (AvgIpc) is 2.88. The van der Waals surface area contributed by atoms with Crippen molar-refractivity contribution >= 4 is 34.1 Å². The minimum absolute atomic E-state index is 0.689. The van der Waals surface area contributed by atoms with Gasteiger partial charge in [-0.2, -0.15) is 0 Å². The molecule has 2 heterocycles. The maximum atomic E-state index is 6.35. The van der Waals surface area contributed by atoms with Crippen LogP contribution in [0, 0.1) is 6.92 Å². The van der Waals surface area contributed by atoms with Crippen LogP contribution >= 0.6 is 23.2 Å². The molecule has 0 saturated carbocycles. The van der Waals surface area contributed by atoms with Crippen LogP contribution in [0.25, 0.3) is 10.9 Å². The maximum Gasteiger partial charge on any atom is 0.0486 e. The smallest absolute Gasteiger partial charge is 0.0486 e. The van der Waals surface area contributed by atoms with Crippen molar-refractivity contribution in [2.75, 3.05) is 6.54 Å². The molecule has 0 saturated heterocycles. The molecule has 0 fully saturated rings. The van der Waals surface area contributed by atoms with E-state index in [0.29, 0.717) is 5.02 Å². The second kappa shape index (κ2) is 6.44. The molecule has 0 aliphatic carbocycles. The molecular weight excluding hydrogens is 339 g/mol. The molecule has 0 amide bonds. The number of nitrogens with one attached hydrogen (secondary N) is 1. The monoisotopic (exact) mass is 358 g/mol. The quantitative estimate of drug-likeness (QED) is 0.685. The van der Waals surface area contributed by atoms with Gasteiger partial charge in [0.1, 0.15) is 0 Å². The molecule has 0 unspecified atom stereocenters. The molecule has 24 heavy (non-hydrogen) atoms. The van der Waals surface area contributed by atoms with E-state index in [1.807, 2.05) is 18.2 Å². The van der Waals surface area contributed by atoms with E-state index in [0.717, 1.165) is 43.1 Å². The number of halogens is 2. The van der Waals surface area contributed by atoms with Crippen LogP contribution in [0.2, 0.25) is 10.0 Å². The summed E-state index contributed by atoms with van der Waals surface area (Å²) < 4.78 is 2.48. The largest absolute Gasteiger partial charge is 0.344 e. The molecule has 1 N–H and O–H groups in total. The zero-order valence-electron chi connectivity index (χ0n) is 13.7. The predicted molar refractivity (Wildman–Crippen MR) is 102 cm³/mol. The summed E-state index contributed by atoms with van der Waals surface area (Å²) in [7, 11) is 0. The van der Waals surface area contributed by atoms with Gasteiger partial charge in [-0.15, -0.1) is 0 Å². The molecule has 0 radical (unpaired) electrons. The Labute approximate surface area is 152 Å². The van der Waals surface area contributed by atoms with Crippen molar-refractivity contribution in [1.82, 2.24) is 9.88 Å². The standard InChI is InChI=1S/C20H20Cl2N2/c1-13-2-5-19-16(10-13)17-12-23-8-6-20(17)24(19)9-7-14-3-4-15(21)11-18(14)22/h2-5,10-11,23H,6-9,12H2,1H3. The Kier molecular flexibility index (Phi) is 4.29. The summed E-state index contributed by atoms with van der Waals surface area (Å²) in [6, 6.07) is 12.6. The first-order valence-corrected chi connectivity index (χ1v) is 9.14. The van der Waals surface area contributed by atoms with E-state index in [9.17, 15) is 0 Å². The zero-order valence-corrected chi connectivity index (χ0v) is 15.2. The van der Waals surface area contributed by atoms with E-state index >= 15 is 0 Å². The maximum absolute atomic E-state index is 6.35. The minimum Gasteiger partial charge on any atom is -0.344 e. The fourth-order valence-electron chi connectivity index (χ4n) is 3.71. The lowest BCUT2D eigenvalue weighted by Gasteiger charge is -2.17. The number of fused-ring (bicyclic) bond motifs is 3. The fraction of sp³-hybridized carbons (Fsp3) is 0.300. The number of rotatable bonds is 3. The first-order valence-electron chi connectivity index (χ1n) is 8.39. The van der Waals surface area contributed by atoms with E-state index in [1.54, 1.807) is 0 Å². The molecule has 2 nitrogen and oxygen atoms in total. The Morgan fingerprint density at radius 3 is 2.83 bits per heavy atom. The van der Waals surface area contributed by atoms with Gasteiger partial charge in [0.15, 0.2) is 0 Å². The highest BCUT2D eigenvalue weighted by Gasteiger charge is 2.19. The molecule has 2 aromatic carbocycles. The summed E-state index contributed by atoms with van der Waals surface area (Å²) in [5, 5.41) is 6.34. The van der Waals surface area contributed by atoms with Crippen LogP contribution in [0.5, 0.6) is 0 Å². The topological polar surface area (TPSA) is 17.0 Å². The van der Waals surface area contributed by atoms with E-state index in [4.69, 9.17) is 23.2 Å². The first kappa shape index (κ1) is 16.0. The summed E-state index contributed by atoms with van der Waals surface area (Å²) in [6.45, 7) is 5.11. The van der Waals surface area contributed by atoms with Gasteiger partial charge in [0, 0.05) is 52.7 Å². The van der Waals surface area contributed by atoms with E-state index in [1.165, 1.54) is 27.7 Å². The second-order valence-electron chi connectivity index (χ2n) is 6.51. The molecule has 0 spiro atoms. The molecule has 124 valence electrons. The summed E-state index contributed by atoms with van der Waals surface area (Å²) in [5.74, 6) is 0.